The Morgan fingerprint density at radius 3 is 2.50 bits per heavy atom. The summed E-state index contributed by atoms with van der Waals surface area (Å²) in [5.41, 5.74) is 2.43. The average molecular weight is 538 g/mol. The molecule has 1 aliphatic heterocycles. The lowest BCUT2D eigenvalue weighted by Gasteiger charge is -2.22. The number of carbonyl (C=O) groups excluding carboxylic acids is 1. The van der Waals surface area contributed by atoms with Crippen LogP contribution in [-0.2, 0) is 13.9 Å². The van der Waals surface area contributed by atoms with Crippen LogP contribution < -0.4 is 14.2 Å². The first-order valence-electron chi connectivity index (χ1n) is 11.7. The summed E-state index contributed by atoms with van der Waals surface area (Å²) in [6.45, 7) is 5.00. The number of fused-ring (bicyclic) bond motifs is 1. The molecule has 1 aromatic heterocycles. The van der Waals surface area contributed by atoms with Gasteiger partial charge in [0.1, 0.15) is 11.9 Å². The molecule has 0 fully saturated rings. The van der Waals surface area contributed by atoms with Crippen LogP contribution in [0.2, 0.25) is 0 Å². The van der Waals surface area contributed by atoms with Crippen molar-refractivity contribution in [1.29, 1.82) is 0 Å². The molecule has 0 spiro atoms. The van der Waals surface area contributed by atoms with Gasteiger partial charge >= 0.3 is 19.2 Å². The van der Waals surface area contributed by atoms with Crippen molar-refractivity contribution in [3.05, 3.63) is 60.0 Å². The maximum atomic E-state index is 13.8. The highest BCUT2D eigenvalue weighted by Gasteiger charge is 2.63. The van der Waals surface area contributed by atoms with Gasteiger partial charge in [0.25, 0.3) is 0 Å². The topological polar surface area (TPSA) is 104 Å². The van der Waals surface area contributed by atoms with Crippen LogP contribution >= 0.6 is 8.03 Å². The minimum absolute atomic E-state index is 0.0323. The van der Waals surface area contributed by atoms with E-state index in [1.807, 2.05) is 19.9 Å². The van der Waals surface area contributed by atoms with Crippen LogP contribution in [-0.4, -0.2) is 41.2 Å². The van der Waals surface area contributed by atoms with Crippen LogP contribution in [0.4, 0.5) is 4.39 Å². The summed E-state index contributed by atoms with van der Waals surface area (Å²) in [6, 6.07) is 12.7. The van der Waals surface area contributed by atoms with Gasteiger partial charge in [-0.25, -0.2) is 14.2 Å². The zero-order valence-electron chi connectivity index (χ0n) is 21.2. The Balaban J connectivity index is 1.96. The molecule has 3 unspecified atom stereocenters. The Labute approximate surface area is 220 Å². The summed E-state index contributed by atoms with van der Waals surface area (Å²) in [7, 11) is -1.74. The molecule has 196 valence electrons. The predicted octanol–water partition coefficient (Wildman–Crippen LogP) is 5.45. The fourth-order valence-electron chi connectivity index (χ4n) is 4.11. The van der Waals surface area contributed by atoms with Crippen molar-refractivity contribution >= 4 is 14.0 Å². The number of aliphatic hydroxyl groups excluding tert-OH is 1. The van der Waals surface area contributed by atoms with Gasteiger partial charge in [0.05, 0.1) is 18.5 Å². The van der Waals surface area contributed by atoms with E-state index in [0.29, 0.717) is 39.6 Å². The van der Waals surface area contributed by atoms with Gasteiger partial charge in [-0.1, -0.05) is 32.0 Å². The highest BCUT2D eigenvalue weighted by Crippen LogP contribution is 2.47. The van der Waals surface area contributed by atoms with Gasteiger partial charge in [-0.05, 0) is 59.2 Å². The summed E-state index contributed by atoms with van der Waals surface area (Å²) in [5.74, 6) is 1.38. The Hall–Kier alpha value is -3.83. The number of carbonyl (C=O) groups is 1. The number of hydrogen-bond donors (Lipinski definition) is 1. The third kappa shape index (κ3) is 4.74. The zero-order chi connectivity index (χ0) is 27.6. The lowest BCUT2D eigenvalue weighted by atomic mass is 9.96. The molecule has 0 bridgehead atoms. The number of rotatable bonds is 8. The van der Waals surface area contributed by atoms with Gasteiger partial charge in [-0.2, -0.15) is 0 Å². The van der Waals surface area contributed by atoms with E-state index in [0.717, 1.165) is 7.11 Å². The molecule has 38 heavy (non-hydrogen) atoms. The molecule has 0 radical (unpaired) electrons. The van der Waals surface area contributed by atoms with Crippen molar-refractivity contribution in [1.82, 2.24) is 4.98 Å². The molecule has 0 amide bonds. The van der Waals surface area contributed by atoms with Gasteiger partial charge < -0.3 is 19.3 Å². The normalized spacial score (nSPS) is 14.9. The zero-order valence-corrected chi connectivity index (χ0v) is 22.1. The van der Waals surface area contributed by atoms with Crippen LogP contribution in [0, 0.1) is 18.2 Å². The fraction of sp³-hybridized carbons (Fsp3) is 0.286. The van der Waals surface area contributed by atoms with Gasteiger partial charge in [-0.3, -0.25) is 0 Å². The molecule has 8 nitrogen and oxygen atoms in total. The lowest BCUT2D eigenvalue weighted by Crippen LogP contribution is -2.46. The molecule has 2 aromatic carbocycles. The SMILES string of the molecule is C#CC(C(=O)Oc1c(-c2ccc(F)cc2)cc(-c2cccc3c2OCO3)nc1C(C)C)(C(C)O)[P+](=O)OC. The van der Waals surface area contributed by atoms with E-state index < -0.39 is 31.1 Å². The first kappa shape index (κ1) is 27.2. The van der Waals surface area contributed by atoms with Crippen LogP contribution in [0.25, 0.3) is 22.4 Å². The van der Waals surface area contributed by atoms with Crippen LogP contribution in [0.15, 0.2) is 48.5 Å². The Morgan fingerprint density at radius 1 is 1.18 bits per heavy atom. The molecule has 1 aliphatic rings. The Bertz CT molecular complexity index is 1430. The third-order valence-electron chi connectivity index (χ3n) is 6.16. The second-order valence-electron chi connectivity index (χ2n) is 8.89. The molecule has 4 rings (SSSR count). The maximum absolute atomic E-state index is 13.8. The molecule has 10 heteroatoms. The van der Waals surface area contributed by atoms with E-state index in [1.54, 1.807) is 18.2 Å². The first-order valence-corrected chi connectivity index (χ1v) is 12.9. The number of para-hydroxylation sites is 1. The van der Waals surface area contributed by atoms with Crippen LogP contribution in [0.1, 0.15) is 32.4 Å². The van der Waals surface area contributed by atoms with E-state index in [1.165, 1.54) is 31.2 Å². The number of nitrogens with zero attached hydrogens (tertiary/aromatic N) is 1. The van der Waals surface area contributed by atoms with Crippen molar-refractivity contribution < 1.29 is 37.6 Å². The van der Waals surface area contributed by atoms with Crippen molar-refractivity contribution in [3.8, 4) is 52.0 Å². The molecule has 0 saturated carbocycles. The molecule has 0 aliphatic carbocycles. The summed E-state index contributed by atoms with van der Waals surface area (Å²) in [4.78, 5) is 18.3. The van der Waals surface area contributed by atoms with E-state index in [9.17, 15) is 18.9 Å². The predicted molar refractivity (Wildman–Crippen MR) is 139 cm³/mol. The number of pyridine rings is 1. The van der Waals surface area contributed by atoms with Gasteiger partial charge in [0.15, 0.2) is 17.2 Å². The second-order valence-corrected chi connectivity index (χ2v) is 10.5. The third-order valence-corrected chi connectivity index (χ3v) is 7.75. The number of aliphatic hydroxyl groups is 1. The largest absolute Gasteiger partial charge is 0.542 e. The first-order chi connectivity index (χ1) is 18.1. The van der Waals surface area contributed by atoms with Crippen molar-refractivity contribution in [3.63, 3.8) is 0 Å². The molecular formula is C28H26FNO7P+. The lowest BCUT2D eigenvalue weighted by molar-refractivity contribution is -0.138. The summed E-state index contributed by atoms with van der Waals surface area (Å²) in [5, 5.41) is 8.12. The van der Waals surface area contributed by atoms with Gasteiger partial charge in [-0.15, -0.1) is 10.9 Å². The van der Waals surface area contributed by atoms with Crippen molar-refractivity contribution in [2.24, 2.45) is 0 Å². The number of hydrogen-bond acceptors (Lipinski definition) is 8. The Morgan fingerprint density at radius 2 is 1.89 bits per heavy atom. The van der Waals surface area contributed by atoms with Crippen LogP contribution in [0.5, 0.6) is 17.2 Å². The van der Waals surface area contributed by atoms with Crippen molar-refractivity contribution in [2.45, 2.75) is 37.9 Å². The minimum atomic E-state index is -2.85. The summed E-state index contributed by atoms with van der Waals surface area (Å²) in [6.07, 6.45) is 4.04. The maximum Gasteiger partial charge on any atom is 0.542 e. The monoisotopic (exact) mass is 538 g/mol. The van der Waals surface area contributed by atoms with E-state index >= 15 is 0 Å². The second kappa shape index (κ2) is 10.9. The number of benzene rings is 2. The smallest absolute Gasteiger partial charge is 0.454 e. The van der Waals surface area contributed by atoms with E-state index in [4.69, 9.17) is 30.1 Å². The number of halogens is 1. The number of esters is 1. The van der Waals surface area contributed by atoms with Crippen molar-refractivity contribution in [2.75, 3.05) is 13.9 Å². The highest BCUT2D eigenvalue weighted by molar-refractivity contribution is 7.43. The summed E-state index contributed by atoms with van der Waals surface area (Å²) >= 11 is 0. The van der Waals surface area contributed by atoms with Crippen LogP contribution in [0.3, 0.4) is 0 Å². The fourth-order valence-corrected chi connectivity index (χ4v) is 5.00. The number of ether oxygens (including phenoxy) is 3. The number of terminal acetylenes is 1. The number of aromatic nitrogens is 1. The molecule has 2 heterocycles. The molecular weight excluding hydrogens is 512 g/mol. The molecule has 3 aromatic rings. The van der Waals surface area contributed by atoms with E-state index in [-0.39, 0.29) is 18.5 Å². The summed E-state index contributed by atoms with van der Waals surface area (Å²) < 4.78 is 48.4. The minimum Gasteiger partial charge on any atom is -0.454 e. The molecule has 1 N–H and O–H groups in total. The molecule has 3 atom stereocenters. The Kier molecular flexibility index (Phi) is 7.79. The van der Waals surface area contributed by atoms with Gasteiger partial charge in [0, 0.05) is 11.1 Å². The van der Waals surface area contributed by atoms with Gasteiger partial charge in [0.2, 0.25) is 6.79 Å². The average Bonchev–Trinajstić information content (AvgIpc) is 3.38. The molecule has 0 saturated heterocycles. The highest BCUT2D eigenvalue weighted by atomic mass is 31.1. The quantitative estimate of drug-likeness (QED) is 0.229. The van der Waals surface area contributed by atoms with E-state index in [2.05, 4.69) is 5.92 Å². The standard InChI is InChI=1S/C28H26FNO7P/c1-6-28(17(4)31,38(33)34-5)27(32)37-26-21(18-10-12-19(29)13-11-18)14-22(30-24(26)16(2)3)20-8-7-9-23-25(20)36-15-35-23/h1,7-14,16-17,31H,15H2,2-5H3/q+1.